The molecule has 1 aliphatic rings. The number of nitrogens with one attached hydrogen (secondary N) is 1. The third-order valence-corrected chi connectivity index (χ3v) is 2.98. The molecule has 1 fully saturated rings. The Kier molecular flexibility index (Phi) is 3.57. The lowest BCUT2D eigenvalue weighted by atomic mass is 10.1. The summed E-state index contributed by atoms with van der Waals surface area (Å²) in [5, 5.41) is 2.34. The van der Waals surface area contributed by atoms with Crippen LogP contribution in [-0.2, 0) is 16.1 Å². The maximum absolute atomic E-state index is 11.7. The van der Waals surface area contributed by atoms with E-state index in [0.717, 1.165) is 5.56 Å². The molecule has 0 radical (unpaired) electrons. The number of anilines is 1. The summed E-state index contributed by atoms with van der Waals surface area (Å²) in [7, 11) is 0. The first kappa shape index (κ1) is 12.5. The standard InChI is InChI=1S/C12H16N4O2/c1-2-9-12(18)15-11(17)7-16(9)10-5-8(6-13)3-4-14-10/h3-5,9H,2,6-7,13H2,1H3,(H,15,17,18). The van der Waals surface area contributed by atoms with E-state index in [1.807, 2.05) is 19.1 Å². The van der Waals surface area contributed by atoms with Gasteiger partial charge in [-0.15, -0.1) is 0 Å². The Labute approximate surface area is 105 Å². The largest absolute Gasteiger partial charge is 0.335 e. The highest BCUT2D eigenvalue weighted by Crippen LogP contribution is 2.19. The number of nitrogens with two attached hydrogens (primary N) is 1. The first-order chi connectivity index (χ1) is 8.65. The minimum Gasteiger partial charge on any atom is -0.335 e. The molecular weight excluding hydrogens is 232 g/mol. The van der Waals surface area contributed by atoms with E-state index < -0.39 is 0 Å². The van der Waals surface area contributed by atoms with Gasteiger partial charge in [0, 0.05) is 12.7 Å². The molecule has 1 aromatic heterocycles. The van der Waals surface area contributed by atoms with Gasteiger partial charge in [0.25, 0.3) is 0 Å². The Hall–Kier alpha value is -1.95. The molecule has 0 spiro atoms. The Morgan fingerprint density at radius 1 is 1.56 bits per heavy atom. The van der Waals surface area contributed by atoms with Crippen molar-refractivity contribution >= 4 is 17.6 Å². The topological polar surface area (TPSA) is 88.3 Å². The molecule has 2 rings (SSSR count). The minimum atomic E-state index is -0.358. The molecule has 1 saturated heterocycles. The van der Waals surface area contributed by atoms with Crippen LogP contribution in [0.2, 0.25) is 0 Å². The Bertz CT molecular complexity index is 475. The van der Waals surface area contributed by atoms with Crippen molar-refractivity contribution in [3.8, 4) is 0 Å². The predicted octanol–water partition coefficient (Wildman–Crippen LogP) is -0.218. The molecule has 1 atom stereocenters. The van der Waals surface area contributed by atoms with Crippen LogP contribution < -0.4 is 16.0 Å². The molecule has 1 aliphatic heterocycles. The van der Waals surface area contributed by atoms with E-state index in [2.05, 4.69) is 10.3 Å². The first-order valence-electron chi connectivity index (χ1n) is 5.91. The highest BCUT2D eigenvalue weighted by atomic mass is 16.2. The van der Waals surface area contributed by atoms with Crippen LogP contribution in [0, 0.1) is 0 Å². The van der Waals surface area contributed by atoms with Gasteiger partial charge in [-0.3, -0.25) is 14.9 Å². The fourth-order valence-corrected chi connectivity index (χ4v) is 2.06. The van der Waals surface area contributed by atoms with Crippen molar-refractivity contribution in [3.05, 3.63) is 23.9 Å². The van der Waals surface area contributed by atoms with E-state index in [9.17, 15) is 9.59 Å². The number of amides is 2. The number of aromatic nitrogens is 1. The molecule has 0 saturated carbocycles. The van der Waals surface area contributed by atoms with Gasteiger partial charge in [-0.2, -0.15) is 0 Å². The molecule has 0 aliphatic carbocycles. The normalized spacial score (nSPS) is 19.9. The van der Waals surface area contributed by atoms with E-state index >= 15 is 0 Å². The maximum atomic E-state index is 11.7. The second-order valence-electron chi connectivity index (χ2n) is 4.19. The maximum Gasteiger partial charge on any atom is 0.249 e. The van der Waals surface area contributed by atoms with Gasteiger partial charge in [0.05, 0.1) is 6.54 Å². The quantitative estimate of drug-likeness (QED) is 0.722. The Balaban J connectivity index is 2.33. The zero-order valence-electron chi connectivity index (χ0n) is 10.2. The van der Waals surface area contributed by atoms with Crippen molar-refractivity contribution < 1.29 is 9.59 Å². The van der Waals surface area contributed by atoms with Crippen LogP contribution in [0.3, 0.4) is 0 Å². The van der Waals surface area contributed by atoms with Crippen LogP contribution in [0.25, 0.3) is 0 Å². The lowest BCUT2D eigenvalue weighted by Crippen LogP contribution is -2.58. The van der Waals surface area contributed by atoms with Gasteiger partial charge in [0.2, 0.25) is 11.8 Å². The fraction of sp³-hybridized carbons (Fsp3) is 0.417. The summed E-state index contributed by atoms with van der Waals surface area (Å²) in [5.41, 5.74) is 6.50. The molecule has 3 N–H and O–H groups in total. The Morgan fingerprint density at radius 3 is 3.00 bits per heavy atom. The van der Waals surface area contributed by atoms with Crippen molar-refractivity contribution in [2.75, 3.05) is 11.4 Å². The molecule has 18 heavy (non-hydrogen) atoms. The number of rotatable bonds is 3. The summed E-state index contributed by atoms with van der Waals surface area (Å²) in [6.07, 6.45) is 2.26. The number of piperazine rings is 1. The second-order valence-corrected chi connectivity index (χ2v) is 4.19. The zero-order chi connectivity index (χ0) is 13.1. The number of hydrogen-bond acceptors (Lipinski definition) is 5. The van der Waals surface area contributed by atoms with Gasteiger partial charge in [0.15, 0.2) is 0 Å². The predicted molar refractivity (Wildman–Crippen MR) is 66.7 cm³/mol. The number of pyridine rings is 1. The zero-order valence-corrected chi connectivity index (χ0v) is 10.2. The van der Waals surface area contributed by atoms with Gasteiger partial charge in [-0.1, -0.05) is 6.92 Å². The summed E-state index contributed by atoms with van der Waals surface area (Å²) in [4.78, 5) is 29.1. The van der Waals surface area contributed by atoms with Gasteiger partial charge in [-0.25, -0.2) is 4.98 Å². The molecule has 0 bridgehead atoms. The third-order valence-electron chi connectivity index (χ3n) is 2.98. The van der Waals surface area contributed by atoms with Crippen LogP contribution in [0.1, 0.15) is 18.9 Å². The van der Waals surface area contributed by atoms with Crippen LogP contribution in [0.4, 0.5) is 5.82 Å². The summed E-state index contributed by atoms with van der Waals surface area (Å²) in [5.74, 6) is 0.0475. The molecule has 1 aromatic rings. The molecule has 6 nitrogen and oxygen atoms in total. The molecule has 0 aromatic carbocycles. The number of imide groups is 1. The van der Waals surface area contributed by atoms with Gasteiger partial charge >= 0.3 is 0 Å². The minimum absolute atomic E-state index is 0.144. The summed E-state index contributed by atoms with van der Waals surface area (Å²) in [6.45, 7) is 2.45. The number of nitrogens with zero attached hydrogens (tertiary/aromatic N) is 2. The van der Waals surface area contributed by atoms with Crippen molar-refractivity contribution in [1.82, 2.24) is 10.3 Å². The van der Waals surface area contributed by atoms with Crippen LogP contribution in [0.5, 0.6) is 0 Å². The van der Waals surface area contributed by atoms with E-state index in [1.54, 1.807) is 11.1 Å². The Morgan fingerprint density at radius 2 is 2.33 bits per heavy atom. The molecule has 2 heterocycles. The highest BCUT2D eigenvalue weighted by Gasteiger charge is 2.33. The first-order valence-corrected chi connectivity index (χ1v) is 5.91. The van der Waals surface area contributed by atoms with Gasteiger partial charge in [-0.05, 0) is 24.1 Å². The summed E-state index contributed by atoms with van der Waals surface area (Å²) in [6, 6.07) is 3.27. The van der Waals surface area contributed by atoms with Gasteiger partial charge in [0.1, 0.15) is 11.9 Å². The van der Waals surface area contributed by atoms with Crippen molar-refractivity contribution in [2.45, 2.75) is 25.9 Å². The molecule has 2 amide bonds. The van der Waals surface area contributed by atoms with Crippen molar-refractivity contribution in [1.29, 1.82) is 0 Å². The highest BCUT2D eigenvalue weighted by molar-refractivity contribution is 6.04. The van der Waals surface area contributed by atoms with Gasteiger partial charge < -0.3 is 10.6 Å². The van der Waals surface area contributed by atoms with Crippen LogP contribution >= 0.6 is 0 Å². The monoisotopic (exact) mass is 248 g/mol. The van der Waals surface area contributed by atoms with Crippen molar-refractivity contribution in [2.24, 2.45) is 5.73 Å². The number of carbonyl (C=O) groups excluding carboxylic acids is 2. The lowest BCUT2D eigenvalue weighted by molar-refractivity contribution is -0.132. The van der Waals surface area contributed by atoms with E-state index in [1.165, 1.54) is 0 Å². The fourth-order valence-electron chi connectivity index (χ4n) is 2.06. The van der Waals surface area contributed by atoms with E-state index in [0.29, 0.717) is 18.8 Å². The van der Waals surface area contributed by atoms with Crippen LogP contribution in [0.15, 0.2) is 18.3 Å². The SMILES string of the molecule is CCC1C(=O)NC(=O)CN1c1cc(CN)ccn1. The van der Waals surface area contributed by atoms with E-state index in [4.69, 9.17) is 5.73 Å². The summed E-state index contributed by atoms with van der Waals surface area (Å²) >= 11 is 0. The van der Waals surface area contributed by atoms with Crippen LogP contribution in [-0.4, -0.2) is 29.4 Å². The molecule has 1 unspecified atom stereocenters. The molecule has 96 valence electrons. The molecule has 6 heteroatoms. The van der Waals surface area contributed by atoms with E-state index in [-0.39, 0.29) is 24.4 Å². The third kappa shape index (κ3) is 2.33. The second kappa shape index (κ2) is 5.14. The average molecular weight is 248 g/mol. The smallest absolute Gasteiger partial charge is 0.249 e. The average Bonchev–Trinajstić information content (AvgIpc) is 2.38. The van der Waals surface area contributed by atoms with Crippen molar-refractivity contribution in [3.63, 3.8) is 0 Å². The molecular formula is C12H16N4O2. The lowest BCUT2D eigenvalue weighted by Gasteiger charge is -2.34. The number of hydrogen-bond donors (Lipinski definition) is 2. The summed E-state index contributed by atoms with van der Waals surface area (Å²) < 4.78 is 0. The number of carbonyl (C=O) groups is 2.